The Morgan fingerprint density at radius 3 is 1.05 bits per heavy atom. The van der Waals surface area contributed by atoms with Crippen molar-refractivity contribution in [1.29, 1.82) is 0 Å². The molecule has 75 heavy (non-hydrogen) atoms. The molecule has 0 N–H and O–H groups in total. The number of hydrogen-bond donors (Lipinski definition) is 0. The van der Waals surface area contributed by atoms with E-state index in [1.165, 1.54) is 163 Å². The third-order valence-corrected chi connectivity index (χ3v) is 12.8. The molecule has 0 heterocycles. The third kappa shape index (κ3) is 20.2. The van der Waals surface area contributed by atoms with Gasteiger partial charge in [-0.1, -0.05) is 148 Å². The van der Waals surface area contributed by atoms with Gasteiger partial charge in [0.15, 0.2) is 11.6 Å². The molecule has 0 unspecified atom stereocenters. The minimum atomic E-state index is -0.807. The molecule has 0 aliphatic carbocycles. The van der Waals surface area contributed by atoms with E-state index >= 15 is 4.39 Å². The summed E-state index contributed by atoms with van der Waals surface area (Å²) in [6.07, 6.45) is 25.1. The third-order valence-electron chi connectivity index (χ3n) is 12.8. The van der Waals surface area contributed by atoms with Gasteiger partial charge in [0.05, 0.1) is 35.5 Å². The van der Waals surface area contributed by atoms with Crippen LogP contribution in [0.2, 0.25) is 0 Å². The lowest BCUT2D eigenvalue weighted by Crippen LogP contribution is -2.11. The van der Waals surface area contributed by atoms with Gasteiger partial charge in [-0.2, -0.15) is 0 Å². The maximum Gasteiger partial charge on any atom is 0.343 e. The van der Waals surface area contributed by atoms with Crippen LogP contribution in [0.4, 0.5) is 4.39 Å². The molecule has 0 atom stereocenters. The fraction of sp³-hybridized carbons (Fsp3) is 0.375. The highest BCUT2D eigenvalue weighted by molar-refractivity contribution is 5.94. The molecule has 11 heteroatoms. The first-order valence-corrected chi connectivity index (χ1v) is 27.1. The summed E-state index contributed by atoms with van der Waals surface area (Å²) in [6.45, 7) is 5.73. The Labute approximate surface area is 442 Å². The number of carbonyl (C=O) groups is 4. The summed E-state index contributed by atoms with van der Waals surface area (Å²) in [5, 5.41) is 0. The Morgan fingerprint density at radius 2 is 0.667 bits per heavy atom. The van der Waals surface area contributed by atoms with Gasteiger partial charge in [-0.3, -0.25) is 0 Å². The molecule has 10 nitrogen and oxygen atoms in total. The van der Waals surface area contributed by atoms with Crippen molar-refractivity contribution < 1.29 is 52.0 Å². The van der Waals surface area contributed by atoms with Gasteiger partial charge < -0.3 is 28.4 Å². The highest BCUT2D eigenvalue weighted by Crippen LogP contribution is 2.30. The number of benzene rings is 6. The summed E-state index contributed by atoms with van der Waals surface area (Å²) < 4.78 is 49.2. The predicted octanol–water partition coefficient (Wildman–Crippen LogP) is 17.0. The summed E-state index contributed by atoms with van der Waals surface area (Å²) in [4.78, 5) is 51.8. The number of hydrogen-bond acceptors (Lipinski definition) is 10. The van der Waals surface area contributed by atoms with E-state index in [2.05, 4.69) is 13.8 Å². The summed E-state index contributed by atoms with van der Waals surface area (Å²) in [5.41, 5.74) is 2.04. The van der Waals surface area contributed by atoms with Gasteiger partial charge in [-0.05, 0) is 145 Å². The van der Waals surface area contributed by atoms with E-state index in [9.17, 15) is 19.2 Å². The van der Waals surface area contributed by atoms with Crippen molar-refractivity contribution in [2.75, 3.05) is 13.2 Å². The highest BCUT2D eigenvalue weighted by atomic mass is 19.1. The number of esters is 4. The maximum absolute atomic E-state index is 15.4. The largest absolute Gasteiger partial charge is 0.494 e. The van der Waals surface area contributed by atoms with Crippen LogP contribution in [0.5, 0.6) is 34.5 Å². The molecule has 0 fully saturated rings. The quantitative estimate of drug-likeness (QED) is 0.0224. The summed E-state index contributed by atoms with van der Waals surface area (Å²) >= 11 is 0. The van der Waals surface area contributed by atoms with Gasteiger partial charge in [-0.25, -0.2) is 23.6 Å². The van der Waals surface area contributed by atoms with Crippen LogP contribution in [0.3, 0.4) is 0 Å². The lowest BCUT2D eigenvalue weighted by atomic mass is 10.1. The number of ether oxygens (including phenoxy) is 6. The fourth-order valence-electron chi connectivity index (χ4n) is 8.41. The molecule has 0 saturated carbocycles. The van der Waals surface area contributed by atoms with Crippen molar-refractivity contribution in [3.63, 3.8) is 0 Å². The Bertz CT molecular complexity index is 2660. The zero-order chi connectivity index (χ0) is 52.9. The Morgan fingerprint density at radius 1 is 0.333 bits per heavy atom. The first-order valence-electron chi connectivity index (χ1n) is 27.1. The average molecular weight is 1020 g/mol. The Kier molecular flexibility index (Phi) is 24.4. The zero-order valence-electron chi connectivity index (χ0n) is 43.8. The minimum absolute atomic E-state index is 0.119. The van der Waals surface area contributed by atoms with E-state index < -0.39 is 29.7 Å². The van der Waals surface area contributed by atoms with Gasteiger partial charge in [0.2, 0.25) is 0 Å². The van der Waals surface area contributed by atoms with Crippen LogP contribution in [0.25, 0.3) is 11.1 Å². The first kappa shape index (κ1) is 57.0. The molecule has 0 aliphatic rings. The van der Waals surface area contributed by atoms with Crippen molar-refractivity contribution in [2.45, 2.75) is 142 Å². The van der Waals surface area contributed by atoms with Crippen LogP contribution in [-0.2, 0) is 0 Å². The molecular weight excluding hydrogens is 948 g/mol. The van der Waals surface area contributed by atoms with E-state index in [0.29, 0.717) is 47.0 Å². The van der Waals surface area contributed by atoms with Crippen molar-refractivity contribution in [3.8, 4) is 45.6 Å². The topological polar surface area (TPSA) is 124 Å². The van der Waals surface area contributed by atoms with Crippen molar-refractivity contribution >= 4 is 23.9 Å². The smallest absolute Gasteiger partial charge is 0.343 e. The molecule has 0 amide bonds. The summed E-state index contributed by atoms with van der Waals surface area (Å²) in [7, 11) is 0. The van der Waals surface area contributed by atoms with Crippen LogP contribution in [0.15, 0.2) is 140 Å². The van der Waals surface area contributed by atoms with Gasteiger partial charge in [-0.15, -0.1) is 0 Å². The monoisotopic (exact) mass is 1020 g/mol. The van der Waals surface area contributed by atoms with Crippen LogP contribution in [-0.4, -0.2) is 37.1 Å². The second-order valence-corrected chi connectivity index (χ2v) is 18.9. The number of rotatable bonds is 33. The molecule has 6 aromatic rings. The predicted molar refractivity (Wildman–Crippen MR) is 292 cm³/mol. The number of halogens is 1. The van der Waals surface area contributed by atoms with Crippen LogP contribution >= 0.6 is 0 Å². The van der Waals surface area contributed by atoms with Crippen LogP contribution in [0, 0.1) is 5.82 Å². The first-order chi connectivity index (χ1) is 36.7. The van der Waals surface area contributed by atoms with Gasteiger partial charge in [0.25, 0.3) is 0 Å². The molecule has 0 aliphatic heterocycles. The van der Waals surface area contributed by atoms with Crippen molar-refractivity contribution in [3.05, 3.63) is 168 Å². The number of unbranched alkanes of at least 4 members (excludes halogenated alkanes) is 18. The Hall–Kier alpha value is -7.27. The lowest BCUT2D eigenvalue weighted by molar-refractivity contribution is 0.0717. The highest BCUT2D eigenvalue weighted by Gasteiger charge is 2.17. The van der Waals surface area contributed by atoms with Gasteiger partial charge in [0.1, 0.15) is 28.7 Å². The molecule has 0 radical (unpaired) electrons. The van der Waals surface area contributed by atoms with Crippen LogP contribution < -0.4 is 28.4 Å². The number of carbonyl (C=O) groups excluding carboxylic acids is 4. The summed E-state index contributed by atoms with van der Waals surface area (Å²) in [6, 6.07) is 36.1. The SMILES string of the molecule is CCCCCCCCCCCCOc1ccc(C(=O)Oc2ccc(C(=O)Oc3cccc(-c4ccc(OC(=O)c5ccc(OC(=O)c6ccc(OCCCCCCCCCCCC)cc6)cc5)c(F)c4)c3)cc2)cc1. The summed E-state index contributed by atoms with van der Waals surface area (Å²) in [5.74, 6) is -1.58. The van der Waals surface area contributed by atoms with Gasteiger partial charge >= 0.3 is 23.9 Å². The zero-order valence-corrected chi connectivity index (χ0v) is 43.8. The standard InChI is InChI=1S/C64H73FO10/c1-3-5-7-9-11-13-15-17-19-21-44-70-54-35-26-48(27-36-54)61(66)72-56-39-30-50(31-40-56)63(68)74-58-25-23-24-52(46-58)53-34-43-60(59(65)47-53)75-64(69)51-32-41-57(42-33-51)73-62(67)49-28-37-55(38-29-49)71-45-22-20-18-16-14-12-10-8-6-4-2/h23-43,46-47H,3-22,44-45H2,1-2H3. The molecule has 0 aromatic heterocycles. The van der Waals surface area contributed by atoms with E-state index in [4.69, 9.17) is 28.4 Å². The normalized spacial score (nSPS) is 10.9. The maximum atomic E-state index is 15.4. The van der Waals surface area contributed by atoms with E-state index in [1.807, 2.05) is 0 Å². The second kappa shape index (κ2) is 32.1. The molecular formula is C64H73FO10. The Balaban J connectivity index is 0.889. The second-order valence-electron chi connectivity index (χ2n) is 18.9. The van der Waals surface area contributed by atoms with E-state index in [0.717, 1.165) is 25.7 Å². The minimum Gasteiger partial charge on any atom is -0.494 e. The molecule has 6 rings (SSSR count). The molecule has 396 valence electrons. The van der Waals surface area contributed by atoms with Crippen LogP contribution in [0.1, 0.15) is 184 Å². The molecule has 0 saturated heterocycles. The molecule has 0 spiro atoms. The van der Waals surface area contributed by atoms with Crippen molar-refractivity contribution in [2.24, 2.45) is 0 Å². The van der Waals surface area contributed by atoms with E-state index in [-0.39, 0.29) is 34.1 Å². The lowest BCUT2D eigenvalue weighted by Gasteiger charge is -2.10. The van der Waals surface area contributed by atoms with Crippen molar-refractivity contribution in [1.82, 2.24) is 0 Å². The fourth-order valence-corrected chi connectivity index (χ4v) is 8.41. The van der Waals surface area contributed by atoms with Gasteiger partial charge in [0, 0.05) is 0 Å². The molecule has 0 bridgehead atoms. The average Bonchev–Trinajstić information content (AvgIpc) is 3.43. The molecule has 6 aromatic carbocycles. The van der Waals surface area contributed by atoms with E-state index in [1.54, 1.807) is 78.9 Å².